The number of aryl methyl sites for hydroxylation is 1. The molecular weight excluding hydrogens is 252 g/mol. The van der Waals surface area contributed by atoms with Gasteiger partial charge in [-0.25, -0.2) is 0 Å². The molecule has 1 aromatic heterocycles. The Labute approximate surface area is 121 Å². The Balaban J connectivity index is 1.73. The van der Waals surface area contributed by atoms with Crippen LogP contribution in [-0.4, -0.2) is 40.4 Å². The second kappa shape index (κ2) is 7.87. The van der Waals surface area contributed by atoms with Crippen molar-refractivity contribution in [1.29, 1.82) is 0 Å². The molecule has 112 valence electrons. The molecule has 0 unspecified atom stereocenters. The molecule has 0 bridgehead atoms. The standard InChI is InChI=1S/C14H26N6/c1-3-13-19-17-11-20(13)10-9-16-14(15-2)18-12-7-5-4-6-8-12/h11-12H,3-10H2,1-2H3,(H2,15,16,18). The number of guanidine groups is 1. The zero-order valence-electron chi connectivity index (χ0n) is 12.6. The number of aromatic nitrogens is 3. The van der Waals surface area contributed by atoms with Crippen LogP contribution in [0.5, 0.6) is 0 Å². The van der Waals surface area contributed by atoms with Crippen molar-refractivity contribution in [2.45, 2.75) is 58.0 Å². The molecule has 20 heavy (non-hydrogen) atoms. The molecule has 0 spiro atoms. The van der Waals surface area contributed by atoms with Gasteiger partial charge in [0.25, 0.3) is 0 Å². The SMILES string of the molecule is CCc1nncn1CCNC(=NC)NC1CCCCC1. The van der Waals surface area contributed by atoms with Crippen LogP contribution in [0, 0.1) is 0 Å². The molecule has 2 rings (SSSR count). The van der Waals surface area contributed by atoms with E-state index in [1.807, 2.05) is 7.05 Å². The van der Waals surface area contributed by atoms with Crippen LogP contribution in [0.3, 0.4) is 0 Å². The lowest BCUT2D eigenvalue weighted by atomic mass is 9.96. The van der Waals surface area contributed by atoms with Gasteiger partial charge in [-0.2, -0.15) is 0 Å². The highest BCUT2D eigenvalue weighted by Gasteiger charge is 2.14. The Kier molecular flexibility index (Phi) is 5.83. The van der Waals surface area contributed by atoms with Crippen LogP contribution in [0.4, 0.5) is 0 Å². The summed E-state index contributed by atoms with van der Waals surface area (Å²) in [5.74, 6) is 1.94. The Bertz CT molecular complexity index is 419. The lowest BCUT2D eigenvalue weighted by molar-refractivity contribution is 0.409. The topological polar surface area (TPSA) is 67.1 Å². The molecule has 0 aliphatic heterocycles. The van der Waals surface area contributed by atoms with E-state index < -0.39 is 0 Å². The molecule has 0 radical (unpaired) electrons. The summed E-state index contributed by atoms with van der Waals surface area (Å²) < 4.78 is 2.08. The fourth-order valence-corrected chi connectivity index (χ4v) is 2.67. The summed E-state index contributed by atoms with van der Waals surface area (Å²) in [6.07, 6.45) is 9.24. The quantitative estimate of drug-likeness (QED) is 0.630. The van der Waals surface area contributed by atoms with Crippen molar-refractivity contribution in [3.63, 3.8) is 0 Å². The summed E-state index contributed by atoms with van der Waals surface area (Å²) in [6, 6.07) is 0.580. The van der Waals surface area contributed by atoms with Gasteiger partial charge in [0, 0.05) is 32.6 Å². The van der Waals surface area contributed by atoms with E-state index in [0.29, 0.717) is 6.04 Å². The zero-order valence-corrected chi connectivity index (χ0v) is 12.6. The molecule has 6 heteroatoms. The van der Waals surface area contributed by atoms with Crippen LogP contribution < -0.4 is 10.6 Å². The average molecular weight is 278 g/mol. The molecule has 1 aliphatic rings. The molecule has 0 atom stereocenters. The Morgan fingerprint density at radius 1 is 1.40 bits per heavy atom. The van der Waals surface area contributed by atoms with Gasteiger partial charge in [0.15, 0.2) is 5.96 Å². The Morgan fingerprint density at radius 2 is 2.20 bits per heavy atom. The van der Waals surface area contributed by atoms with Crippen LogP contribution in [0.1, 0.15) is 44.9 Å². The number of nitrogens with zero attached hydrogens (tertiary/aromatic N) is 4. The first-order chi connectivity index (χ1) is 9.83. The van der Waals surface area contributed by atoms with Gasteiger partial charge >= 0.3 is 0 Å². The highest BCUT2D eigenvalue weighted by molar-refractivity contribution is 5.79. The fourth-order valence-electron chi connectivity index (χ4n) is 2.67. The summed E-state index contributed by atoms with van der Waals surface area (Å²) in [7, 11) is 1.83. The Hall–Kier alpha value is -1.59. The van der Waals surface area contributed by atoms with E-state index >= 15 is 0 Å². The third-order valence-electron chi connectivity index (χ3n) is 3.83. The number of hydrogen-bond acceptors (Lipinski definition) is 3. The molecule has 0 saturated heterocycles. The van der Waals surface area contributed by atoms with Crippen molar-refractivity contribution in [3.05, 3.63) is 12.2 Å². The van der Waals surface area contributed by atoms with Crippen LogP contribution >= 0.6 is 0 Å². The first-order valence-electron chi connectivity index (χ1n) is 7.67. The van der Waals surface area contributed by atoms with Crippen LogP contribution in [0.25, 0.3) is 0 Å². The minimum Gasteiger partial charge on any atom is -0.355 e. The number of rotatable bonds is 5. The average Bonchev–Trinajstić information content (AvgIpc) is 2.94. The van der Waals surface area contributed by atoms with Gasteiger partial charge in [0.05, 0.1) is 0 Å². The van der Waals surface area contributed by atoms with E-state index in [1.54, 1.807) is 6.33 Å². The number of hydrogen-bond donors (Lipinski definition) is 2. The molecule has 0 amide bonds. The monoisotopic (exact) mass is 278 g/mol. The molecule has 0 aromatic carbocycles. The predicted octanol–water partition coefficient (Wildman–Crippen LogP) is 1.34. The third kappa shape index (κ3) is 4.21. The fraction of sp³-hybridized carbons (Fsp3) is 0.786. The van der Waals surface area contributed by atoms with E-state index in [-0.39, 0.29) is 0 Å². The van der Waals surface area contributed by atoms with Crippen LogP contribution in [-0.2, 0) is 13.0 Å². The summed E-state index contributed by atoms with van der Waals surface area (Å²) in [6.45, 7) is 3.79. The minimum atomic E-state index is 0.580. The van der Waals surface area contributed by atoms with E-state index in [0.717, 1.165) is 31.3 Å². The lowest BCUT2D eigenvalue weighted by Gasteiger charge is -2.24. The van der Waals surface area contributed by atoms with Crippen molar-refractivity contribution in [2.75, 3.05) is 13.6 Å². The van der Waals surface area contributed by atoms with Crippen molar-refractivity contribution >= 4 is 5.96 Å². The van der Waals surface area contributed by atoms with Gasteiger partial charge in [-0.1, -0.05) is 26.2 Å². The van der Waals surface area contributed by atoms with Crippen molar-refractivity contribution in [2.24, 2.45) is 4.99 Å². The molecular formula is C14H26N6. The first kappa shape index (κ1) is 14.8. The maximum absolute atomic E-state index is 4.30. The first-order valence-corrected chi connectivity index (χ1v) is 7.67. The molecule has 1 saturated carbocycles. The highest BCUT2D eigenvalue weighted by Crippen LogP contribution is 2.17. The van der Waals surface area contributed by atoms with Crippen molar-refractivity contribution < 1.29 is 0 Å². The van der Waals surface area contributed by atoms with Crippen molar-refractivity contribution in [3.8, 4) is 0 Å². The van der Waals surface area contributed by atoms with E-state index in [1.165, 1.54) is 32.1 Å². The second-order valence-corrected chi connectivity index (χ2v) is 5.27. The zero-order chi connectivity index (χ0) is 14.2. The summed E-state index contributed by atoms with van der Waals surface area (Å²) in [4.78, 5) is 4.30. The second-order valence-electron chi connectivity index (χ2n) is 5.27. The molecule has 1 aromatic rings. The maximum atomic E-state index is 4.30. The van der Waals surface area contributed by atoms with Crippen LogP contribution in [0.2, 0.25) is 0 Å². The summed E-state index contributed by atoms with van der Waals surface area (Å²) >= 11 is 0. The van der Waals surface area contributed by atoms with E-state index in [4.69, 9.17) is 0 Å². The normalized spacial score (nSPS) is 17.2. The smallest absolute Gasteiger partial charge is 0.191 e. The molecule has 6 nitrogen and oxygen atoms in total. The predicted molar refractivity (Wildman–Crippen MR) is 80.8 cm³/mol. The maximum Gasteiger partial charge on any atom is 0.191 e. The van der Waals surface area contributed by atoms with Gasteiger partial charge in [-0.05, 0) is 12.8 Å². The van der Waals surface area contributed by atoms with E-state index in [2.05, 4.69) is 37.3 Å². The highest BCUT2D eigenvalue weighted by atomic mass is 15.3. The van der Waals surface area contributed by atoms with E-state index in [9.17, 15) is 0 Å². The summed E-state index contributed by atoms with van der Waals surface area (Å²) in [5, 5.41) is 14.9. The minimum absolute atomic E-state index is 0.580. The molecule has 1 heterocycles. The summed E-state index contributed by atoms with van der Waals surface area (Å²) in [5.41, 5.74) is 0. The molecule has 1 aliphatic carbocycles. The largest absolute Gasteiger partial charge is 0.355 e. The van der Waals surface area contributed by atoms with Crippen LogP contribution in [0.15, 0.2) is 11.3 Å². The number of nitrogens with one attached hydrogen (secondary N) is 2. The van der Waals surface area contributed by atoms with Gasteiger partial charge < -0.3 is 15.2 Å². The van der Waals surface area contributed by atoms with Gasteiger partial charge in [-0.3, -0.25) is 4.99 Å². The Morgan fingerprint density at radius 3 is 2.90 bits per heavy atom. The van der Waals surface area contributed by atoms with Gasteiger partial charge in [0.2, 0.25) is 0 Å². The number of aliphatic imine (C=N–C) groups is 1. The van der Waals surface area contributed by atoms with Crippen molar-refractivity contribution in [1.82, 2.24) is 25.4 Å². The lowest BCUT2D eigenvalue weighted by Crippen LogP contribution is -2.45. The van der Waals surface area contributed by atoms with Gasteiger partial charge in [-0.15, -0.1) is 10.2 Å². The molecule has 2 N–H and O–H groups in total. The van der Waals surface area contributed by atoms with Gasteiger partial charge in [0.1, 0.15) is 12.2 Å². The third-order valence-corrected chi connectivity index (χ3v) is 3.83. The molecule has 1 fully saturated rings.